The minimum atomic E-state index is -5.45. The van der Waals surface area contributed by atoms with Crippen LogP contribution in [-0.2, 0) is 40.0 Å². The third kappa shape index (κ3) is 12.4. The van der Waals surface area contributed by atoms with Crippen LogP contribution >= 0.6 is 22.9 Å². The second kappa shape index (κ2) is 22.7. The Morgan fingerprint density at radius 3 is 2.40 bits per heavy atom. The van der Waals surface area contributed by atoms with Crippen LogP contribution < -0.4 is 16.0 Å². The summed E-state index contributed by atoms with van der Waals surface area (Å²) in [7, 11) is 1.41. The van der Waals surface area contributed by atoms with Crippen LogP contribution in [0.25, 0.3) is 10.4 Å². The number of hydrogen-bond acceptors (Lipinski definition) is 11. The van der Waals surface area contributed by atoms with Crippen LogP contribution in [-0.4, -0.2) is 170 Å². The van der Waals surface area contributed by atoms with Gasteiger partial charge in [-0.3, -0.25) is 38.5 Å². The number of benzene rings is 1. The highest BCUT2D eigenvalue weighted by atomic mass is 35.5. The lowest BCUT2D eigenvalue weighted by molar-refractivity contribution is -0.250. The summed E-state index contributed by atoms with van der Waals surface area (Å²) in [5.74, 6) is -6.68. The number of likely N-dealkylation sites (tertiary alicyclic amines) is 1. The zero-order valence-electron chi connectivity index (χ0n) is 38.9. The number of aliphatic hydroxyl groups is 2. The van der Waals surface area contributed by atoms with Crippen LogP contribution in [0.5, 0.6) is 0 Å². The highest BCUT2D eigenvalue weighted by molar-refractivity contribution is 7.13. The summed E-state index contributed by atoms with van der Waals surface area (Å²) in [5.41, 5.74) is -1.01. The number of nitrogens with one attached hydrogen (secondary N) is 3. The van der Waals surface area contributed by atoms with Gasteiger partial charge in [-0.25, -0.2) is 4.39 Å². The molecule has 1 aromatic carbocycles. The van der Waals surface area contributed by atoms with Crippen LogP contribution in [0.4, 0.5) is 17.6 Å². The average Bonchev–Trinajstić information content (AvgIpc) is 4.04. The Morgan fingerprint density at radius 1 is 1.06 bits per heavy atom. The lowest BCUT2D eigenvalue weighted by atomic mass is 9.95. The van der Waals surface area contributed by atoms with E-state index >= 15 is 0 Å². The van der Waals surface area contributed by atoms with E-state index in [0.717, 1.165) is 4.88 Å². The Hall–Kier alpha value is -4.93. The molecule has 0 saturated carbocycles. The van der Waals surface area contributed by atoms with Crippen molar-refractivity contribution in [2.75, 3.05) is 33.2 Å². The Balaban J connectivity index is 1.48. The molecule has 0 aliphatic carbocycles. The summed E-state index contributed by atoms with van der Waals surface area (Å²) >= 11 is 7.85. The van der Waals surface area contributed by atoms with E-state index in [0.29, 0.717) is 27.5 Å². The van der Waals surface area contributed by atoms with Crippen molar-refractivity contribution in [1.29, 1.82) is 0 Å². The molecule has 0 radical (unpaired) electrons. The first-order chi connectivity index (χ1) is 31.9. The van der Waals surface area contributed by atoms with Gasteiger partial charge in [-0.1, -0.05) is 38.4 Å². The fourth-order valence-electron chi connectivity index (χ4n) is 8.94. The molecular weight excluding hydrogens is 940 g/mol. The summed E-state index contributed by atoms with van der Waals surface area (Å²) in [5, 5.41) is 29.3. The van der Waals surface area contributed by atoms with Crippen molar-refractivity contribution in [3.05, 3.63) is 40.5 Å². The Kier molecular flexibility index (Phi) is 18.0. The lowest BCUT2D eigenvalue weighted by Gasteiger charge is -2.37. The second-order valence-corrected chi connectivity index (χ2v) is 19.7. The maximum absolute atomic E-state index is 14.9. The SMILES string of the molecule is CCCN(C(=O)[C@H](C)NC(=O)[C@@H]1C[C@@H](F)CN1C(=O)[C@@](C)(O)C(F)(F)F)[C@H]1CCCCNC(=O)[C@H]2C[C@H](O)CN2C(=O)[C@H](Cc2cc(Cl)ccc2-c2cncs2)N(C)C(=O)[C@H](CC(C)C)NC1=O. The quantitative estimate of drug-likeness (QED) is 0.196. The molecule has 1 aromatic heterocycles. The van der Waals surface area contributed by atoms with E-state index in [1.807, 2.05) is 13.8 Å². The standard InChI is InChI=1S/C45H61ClF4N8O9S/c1-7-14-56(40(63)25(4)53-39(62)33-18-28(47)21-58(33)43(66)44(5,67)45(48,49)50)32-10-8-9-13-52-37(60)34-19-29(59)22-57(34)42(65)35(55(6)41(64)31(15-24(2)3)54-38(32)61)17-26-16-27(46)11-12-30(26)36-20-51-23-68-36/h11-12,16,20,23-25,28-29,31-35,59,67H,7-10,13-15,17-19,21-22H2,1-6H3,(H,52,60)(H,53,62)(H,54,61)/t25-,28+,29-,31-,32-,33-,34+,35-,44+/m0/s1. The molecular formula is C45H61ClF4N8O9S. The number of hydrogen-bond donors (Lipinski definition) is 5. The van der Waals surface area contributed by atoms with Crippen molar-refractivity contribution >= 4 is 64.3 Å². The predicted molar refractivity (Wildman–Crippen MR) is 242 cm³/mol. The second-order valence-electron chi connectivity index (χ2n) is 18.4. The van der Waals surface area contributed by atoms with Gasteiger partial charge in [0.25, 0.3) is 5.91 Å². The summed E-state index contributed by atoms with van der Waals surface area (Å²) < 4.78 is 55.5. The Morgan fingerprint density at radius 2 is 1.76 bits per heavy atom. The fraction of sp³-hybridized carbons (Fsp3) is 0.644. The summed E-state index contributed by atoms with van der Waals surface area (Å²) in [6.07, 6.45) is -6.70. The number of likely N-dealkylation sites (N-methyl/N-ethyl adjacent to an activating group) is 1. The van der Waals surface area contributed by atoms with E-state index in [4.69, 9.17) is 11.6 Å². The number of nitrogens with zero attached hydrogens (tertiary/aromatic N) is 5. The zero-order valence-corrected chi connectivity index (χ0v) is 40.4. The normalized spacial score (nSPS) is 26.0. The number of fused-ring (bicyclic) bond motifs is 1. The van der Waals surface area contributed by atoms with E-state index in [2.05, 4.69) is 20.9 Å². The molecule has 23 heteroatoms. The van der Waals surface area contributed by atoms with Crippen LogP contribution in [0, 0.1) is 5.92 Å². The van der Waals surface area contributed by atoms with Gasteiger partial charge in [0.1, 0.15) is 42.4 Å². The number of carbonyl (C=O) groups is 7. The molecule has 3 fully saturated rings. The maximum Gasteiger partial charge on any atom is 0.426 e. The maximum atomic E-state index is 14.9. The van der Waals surface area contributed by atoms with Gasteiger partial charge in [0, 0.05) is 57.2 Å². The molecule has 3 aliphatic rings. The molecule has 3 aliphatic heterocycles. The monoisotopic (exact) mass is 1000 g/mol. The van der Waals surface area contributed by atoms with E-state index < -0.39 is 115 Å². The molecule has 17 nitrogen and oxygen atoms in total. The third-order valence-electron chi connectivity index (χ3n) is 12.6. The van der Waals surface area contributed by atoms with E-state index in [1.54, 1.807) is 36.8 Å². The molecule has 3 saturated heterocycles. The van der Waals surface area contributed by atoms with Gasteiger partial charge in [-0.15, -0.1) is 11.3 Å². The smallest absolute Gasteiger partial charge is 0.391 e. The summed E-state index contributed by atoms with van der Waals surface area (Å²) in [4.78, 5) is 108. The van der Waals surface area contributed by atoms with Gasteiger partial charge < -0.3 is 45.8 Å². The van der Waals surface area contributed by atoms with E-state index in [-0.39, 0.29) is 71.0 Å². The van der Waals surface area contributed by atoms with Crippen molar-refractivity contribution in [2.45, 2.75) is 146 Å². The molecule has 9 atom stereocenters. The largest absolute Gasteiger partial charge is 0.426 e. The van der Waals surface area contributed by atoms with Crippen molar-refractivity contribution in [3.8, 4) is 10.4 Å². The van der Waals surface area contributed by atoms with E-state index in [9.17, 15) is 61.3 Å². The average molecular weight is 1000 g/mol. The first-order valence-electron chi connectivity index (χ1n) is 22.7. The van der Waals surface area contributed by atoms with Gasteiger partial charge in [0.2, 0.25) is 41.0 Å². The molecule has 376 valence electrons. The molecule has 2 aromatic rings. The topological polar surface area (TPSA) is 222 Å². The molecule has 0 unspecified atom stereocenters. The molecule has 68 heavy (non-hydrogen) atoms. The number of carbonyl (C=O) groups excluding carboxylic acids is 7. The highest BCUT2D eigenvalue weighted by Gasteiger charge is 2.59. The van der Waals surface area contributed by atoms with Crippen LogP contribution in [0.15, 0.2) is 29.9 Å². The van der Waals surface area contributed by atoms with Gasteiger partial charge >= 0.3 is 6.18 Å². The van der Waals surface area contributed by atoms with Crippen molar-refractivity contribution < 1.29 is 61.3 Å². The van der Waals surface area contributed by atoms with Gasteiger partial charge in [0.05, 0.1) is 23.0 Å². The van der Waals surface area contributed by atoms with Crippen molar-refractivity contribution in [1.82, 2.24) is 40.5 Å². The number of aliphatic hydroxyl groups excluding tert-OH is 1. The van der Waals surface area contributed by atoms with Crippen LogP contribution in [0.1, 0.15) is 85.1 Å². The lowest BCUT2D eigenvalue weighted by Crippen LogP contribution is -2.61. The summed E-state index contributed by atoms with van der Waals surface area (Å²) in [6.45, 7) is 5.78. The highest BCUT2D eigenvalue weighted by Crippen LogP contribution is 2.35. The third-order valence-corrected chi connectivity index (χ3v) is 13.6. The van der Waals surface area contributed by atoms with Gasteiger partial charge in [-0.05, 0) is 75.1 Å². The van der Waals surface area contributed by atoms with E-state index in [1.165, 1.54) is 40.0 Å². The molecule has 5 N–H and O–H groups in total. The number of thiazole rings is 1. The predicted octanol–water partition coefficient (Wildman–Crippen LogP) is 2.99. The first-order valence-corrected chi connectivity index (χ1v) is 24.0. The number of rotatable bonds is 12. The Labute approximate surface area is 401 Å². The molecule has 0 spiro atoms. The van der Waals surface area contributed by atoms with Gasteiger partial charge in [0.15, 0.2) is 0 Å². The van der Waals surface area contributed by atoms with Crippen molar-refractivity contribution in [2.24, 2.45) is 5.92 Å². The number of halogens is 5. The molecule has 4 heterocycles. The first kappa shape index (κ1) is 54.0. The molecule has 0 bridgehead atoms. The zero-order chi connectivity index (χ0) is 50.4. The minimum absolute atomic E-state index is 0.00199. The Bertz CT molecular complexity index is 2170. The minimum Gasteiger partial charge on any atom is -0.391 e. The van der Waals surface area contributed by atoms with Crippen LogP contribution in [0.2, 0.25) is 5.02 Å². The van der Waals surface area contributed by atoms with Crippen LogP contribution in [0.3, 0.4) is 0 Å². The summed E-state index contributed by atoms with van der Waals surface area (Å²) in [6, 6.07) is -3.07. The number of aromatic nitrogens is 1. The van der Waals surface area contributed by atoms with Gasteiger partial charge in [-0.2, -0.15) is 13.2 Å². The number of amides is 7. The van der Waals surface area contributed by atoms with Crippen molar-refractivity contribution in [3.63, 3.8) is 0 Å². The molecule has 7 amide bonds. The fourth-order valence-corrected chi connectivity index (χ4v) is 9.81. The molecule has 5 rings (SSSR count). The number of alkyl halides is 4.